The van der Waals surface area contributed by atoms with E-state index in [2.05, 4.69) is 19.7 Å². The van der Waals surface area contributed by atoms with E-state index in [0.717, 1.165) is 0 Å². The van der Waals surface area contributed by atoms with E-state index in [-0.39, 0.29) is 0 Å². The second kappa shape index (κ2) is 6.85. The molecule has 0 saturated heterocycles. The molecule has 0 aromatic heterocycles. The average molecular weight is 202 g/mol. The second-order valence-corrected chi connectivity index (χ2v) is 6.65. The van der Waals surface area contributed by atoms with Crippen molar-refractivity contribution in [2.24, 2.45) is 0 Å². The fourth-order valence-corrected chi connectivity index (χ4v) is 3.66. The van der Waals surface area contributed by atoms with Gasteiger partial charge in [-0.05, 0) is 0 Å². The van der Waals surface area contributed by atoms with Crippen LogP contribution in [0.15, 0.2) is 38.0 Å². The van der Waals surface area contributed by atoms with Gasteiger partial charge in [0.2, 0.25) is 0 Å². The van der Waals surface area contributed by atoms with Gasteiger partial charge in [0, 0.05) is 0 Å². The molecule has 0 aromatic rings. The third-order valence-electron chi connectivity index (χ3n) is 1.06. The normalized spacial score (nSPS) is 9.30. The van der Waals surface area contributed by atoms with Gasteiger partial charge in [-0.25, -0.2) is 0 Å². The van der Waals surface area contributed by atoms with Crippen LogP contribution in [-0.2, 0) is 0 Å². The second-order valence-electron chi connectivity index (χ2n) is 1.98. The van der Waals surface area contributed by atoms with Gasteiger partial charge in [0.05, 0.1) is 0 Å². The van der Waals surface area contributed by atoms with Gasteiger partial charge in [0.1, 0.15) is 0 Å². The minimum atomic E-state index is -0.462. The number of hydrogen-bond acceptors (Lipinski definition) is 0. The predicted molar refractivity (Wildman–Crippen MR) is 50.8 cm³/mol. The van der Waals surface area contributed by atoms with Crippen LogP contribution in [0, 0.1) is 0 Å². The number of allylic oxidation sites excluding steroid dienone is 3. The van der Waals surface area contributed by atoms with Gasteiger partial charge in [-0.3, -0.25) is 0 Å². The van der Waals surface area contributed by atoms with E-state index in [4.69, 9.17) is 0 Å². The van der Waals surface area contributed by atoms with Gasteiger partial charge in [-0.15, -0.1) is 0 Å². The van der Waals surface area contributed by atoms with Crippen molar-refractivity contribution in [2.45, 2.75) is 16.0 Å². The molecular weight excluding hydrogens is 187 g/mol. The van der Waals surface area contributed by atoms with Crippen molar-refractivity contribution in [3.05, 3.63) is 38.0 Å². The van der Waals surface area contributed by atoms with Gasteiger partial charge < -0.3 is 0 Å². The Hall–Kier alpha value is -0.261. The Balaban J connectivity index is 3.58. The van der Waals surface area contributed by atoms with E-state index >= 15 is 0 Å². The van der Waals surface area contributed by atoms with E-state index in [1.807, 2.05) is 18.2 Å². The zero-order valence-electron chi connectivity index (χ0n) is 6.38. The van der Waals surface area contributed by atoms with E-state index in [0.29, 0.717) is 0 Å². The van der Waals surface area contributed by atoms with E-state index < -0.39 is 13.9 Å². The summed E-state index contributed by atoms with van der Waals surface area (Å²) in [6, 6.07) is 0. The Labute approximate surface area is 68.2 Å². The topological polar surface area (TPSA) is 0 Å². The molecule has 0 bridgehead atoms. The Morgan fingerprint density at radius 1 is 0.800 bits per heavy atom. The molecule has 0 rings (SSSR count). The van der Waals surface area contributed by atoms with E-state index in [1.54, 1.807) is 0 Å². The first-order valence-corrected chi connectivity index (χ1v) is 6.95. The summed E-state index contributed by atoms with van der Waals surface area (Å²) < 4.78 is 0. The standard InChI is InChI=1S/C9H15Se/c1-4-7-10(8-5-2)9-6-3/h4-6H,1-3,7-9H2/q+1. The monoisotopic (exact) mass is 203 g/mol. The summed E-state index contributed by atoms with van der Waals surface area (Å²) in [5, 5.41) is 3.58. The Kier molecular flexibility index (Phi) is 6.68. The Morgan fingerprint density at radius 2 is 1.10 bits per heavy atom. The zero-order chi connectivity index (χ0) is 7.82. The molecule has 56 valence electrons. The van der Waals surface area contributed by atoms with Crippen LogP contribution in [0.5, 0.6) is 0 Å². The summed E-state index contributed by atoms with van der Waals surface area (Å²) >= 11 is -0.462. The number of rotatable bonds is 6. The van der Waals surface area contributed by atoms with Crippen molar-refractivity contribution in [1.29, 1.82) is 0 Å². The maximum absolute atomic E-state index is 3.73. The summed E-state index contributed by atoms with van der Waals surface area (Å²) in [6.45, 7) is 11.2. The molecule has 0 saturated carbocycles. The molecule has 0 radical (unpaired) electrons. The molecule has 0 spiro atoms. The number of hydrogen-bond donors (Lipinski definition) is 0. The van der Waals surface area contributed by atoms with Crippen molar-refractivity contribution in [2.75, 3.05) is 0 Å². The quantitative estimate of drug-likeness (QED) is 0.458. The third-order valence-corrected chi connectivity index (χ3v) is 5.51. The SMILES string of the molecule is C=CC[Se+](CC=C)CC=C. The van der Waals surface area contributed by atoms with Crippen LogP contribution >= 0.6 is 0 Å². The van der Waals surface area contributed by atoms with Gasteiger partial charge in [-0.1, -0.05) is 0 Å². The molecule has 0 unspecified atom stereocenters. The maximum atomic E-state index is 3.73. The van der Waals surface area contributed by atoms with Crippen molar-refractivity contribution < 1.29 is 0 Å². The molecule has 1 heteroatoms. The first-order valence-electron chi connectivity index (χ1n) is 3.32. The van der Waals surface area contributed by atoms with Crippen LogP contribution < -0.4 is 0 Å². The fraction of sp³-hybridized carbons (Fsp3) is 0.333. The average Bonchev–Trinajstić information content (AvgIpc) is 1.90. The van der Waals surface area contributed by atoms with E-state index in [9.17, 15) is 0 Å². The van der Waals surface area contributed by atoms with Crippen LogP contribution in [0.2, 0.25) is 16.0 Å². The molecule has 0 heterocycles. The summed E-state index contributed by atoms with van der Waals surface area (Å²) in [5.41, 5.74) is 0. The van der Waals surface area contributed by atoms with Crippen molar-refractivity contribution in [3.63, 3.8) is 0 Å². The molecular formula is C9H15Se+. The molecule has 0 aliphatic carbocycles. The predicted octanol–water partition coefficient (Wildman–Crippen LogP) is 3.04. The van der Waals surface area contributed by atoms with Crippen LogP contribution in [-0.4, -0.2) is 13.9 Å². The van der Waals surface area contributed by atoms with Gasteiger partial charge in [0.15, 0.2) is 0 Å². The van der Waals surface area contributed by atoms with E-state index in [1.165, 1.54) is 16.0 Å². The molecule has 0 atom stereocenters. The molecule has 0 aromatic carbocycles. The summed E-state index contributed by atoms with van der Waals surface area (Å²) in [5.74, 6) is 0. The molecule has 0 nitrogen and oxygen atoms in total. The molecule has 0 amide bonds. The zero-order valence-corrected chi connectivity index (χ0v) is 8.10. The minimum absolute atomic E-state index is 0.462. The van der Waals surface area contributed by atoms with Crippen LogP contribution in [0.3, 0.4) is 0 Å². The van der Waals surface area contributed by atoms with Crippen molar-refractivity contribution >= 4 is 13.9 Å². The third kappa shape index (κ3) is 4.60. The van der Waals surface area contributed by atoms with Gasteiger partial charge in [0.25, 0.3) is 0 Å². The first kappa shape index (κ1) is 9.74. The molecule has 0 N–H and O–H groups in total. The van der Waals surface area contributed by atoms with Gasteiger partial charge in [-0.2, -0.15) is 0 Å². The Bertz CT molecular complexity index is 92.1. The molecule has 10 heavy (non-hydrogen) atoms. The van der Waals surface area contributed by atoms with Crippen LogP contribution in [0.25, 0.3) is 0 Å². The van der Waals surface area contributed by atoms with Gasteiger partial charge >= 0.3 is 67.8 Å². The van der Waals surface area contributed by atoms with Crippen LogP contribution in [0.1, 0.15) is 0 Å². The summed E-state index contributed by atoms with van der Waals surface area (Å²) in [6.07, 6.45) is 6.03. The summed E-state index contributed by atoms with van der Waals surface area (Å²) in [4.78, 5) is 0. The molecule has 0 fully saturated rings. The fourth-order valence-electron chi connectivity index (χ4n) is 0.704. The van der Waals surface area contributed by atoms with Crippen LogP contribution in [0.4, 0.5) is 0 Å². The van der Waals surface area contributed by atoms with Crippen molar-refractivity contribution in [3.8, 4) is 0 Å². The first-order chi connectivity index (χ1) is 4.85. The molecule has 0 aliphatic heterocycles. The van der Waals surface area contributed by atoms with Crippen molar-refractivity contribution in [1.82, 2.24) is 0 Å². The molecule has 0 aliphatic rings. The Morgan fingerprint density at radius 3 is 1.30 bits per heavy atom. The summed E-state index contributed by atoms with van der Waals surface area (Å²) in [7, 11) is 0.